The number of urea groups is 1. The van der Waals surface area contributed by atoms with Gasteiger partial charge in [0.05, 0.1) is 0 Å². The summed E-state index contributed by atoms with van der Waals surface area (Å²) in [5.41, 5.74) is 2.04. The van der Waals surface area contributed by atoms with Crippen LogP contribution in [0.4, 0.5) is 10.5 Å². The standard InChI is InChI=1S/C17H20N2O2/c1-2-6-14-9-11-16(12-10-14)21-13-18-17(20)19-15-7-4-3-5-8-15/h3-5,7-12H,2,6,13H2,1H3,(H2,18,19,20). The van der Waals surface area contributed by atoms with Gasteiger partial charge in [0.15, 0.2) is 6.73 Å². The lowest BCUT2D eigenvalue weighted by Crippen LogP contribution is -2.31. The summed E-state index contributed by atoms with van der Waals surface area (Å²) >= 11 is 0. The molecule has 0 aromatic heterocycles. The van der Waals surface area contributed by atoms with Crippen LogP contribution in [0.2, 0.25) is 0 Å². The van der Waals surface area contributed by atoms with E-state index in [0.29, 0.717) is 0 Å². The van der Waals surface area contributed by atoms with Gasteiger partial charge in [-0.2, -0.15) is 0 Å². The monoisotopic (exact) mass is 284 g/mol. The molecule has 0 aliphatic heterocycles. The lowest BCUT2D eigenvalue weighted by Gasteiger charge is -2.09. The van der Waals surface area contributed by atoms with Gasteiger partial charge in [0, 0.05) is 5.69 Å². The van der Waals surface area contributed by atoms with Gasteiger partial charge in [-0.15, -0.1) is 0 Å². The summed E-state index contributed by atoms with van der Waals surface area (Å²) in [5.74, 6) is 0.745. The topological polar surface area (TPSA) is 50.4 Å². The molecule has 0 bridgehead atoms. The molecule has 2 rings (SSSR count). The van der Waals surface area contributed by atoms with Crippen molar-refractivity contribution in [3.05, 3.63) is 60.2 Å². The maximum atomic E-state index is 11.6. The highest BCUT2D eigenvalue weighted by molar-refractivity contribution is 5.89. The van der Waals surface area contributed by atoms with E-state index < -0.39 is 0 Å². The van der Waals surface area contributed by atoms with Crippen molar-refractivity contribution >= 4 is 11.7 Å². The van der Waals surface area contributed by atoms with Gasteiger partial charge < -0.3 is 15.4 Å². The number of ether oxygens (including phenoxy) is 1. The van der Waals surface area contributed by atoms with Crippen molar-refractivity contribution in [1.82, 2.24) is 5.32 Å². The molecule has 0 heterocycles. The molecule has 4 heteroatoms. The minimum Gasteiger partial charge on any atom is -0.473 e. The van der Waals surface area contributed by atoms with E-state index in [2.05, 4.69) is 17.6 Å². The zero-order valence-electron chi connectivity index (χ0n) is 12.1. The van der Waals surface area contributed by atoms with Crippen LogP contribution < -0.4 is 15.4 Å². The number of carbonyl (C=O) groups is 1. The van der Waals surface area contributed by atoms with Crippen LogP contribution in [0.15, 0.2) is 54.6 Å². The van der Waals surface area contributed by atoms with Gasteiger partial charge in [-0.25, -0.2) is 4.79 Å². The summed E-state index contributed by atoms with van der Waals surface area (Å²) in [4.78, 5) is 11.6. The lowest BCUT2D eigenvalue weighted by atomic mass is 10.1. The van der Waals surface area contributed by atoms with E-state index in [1.54, 1.807) is 0 Å². The van der Waals surface area contributed by atoms with Crippen molar-refractivity contribution in [3.63, 3.8) is 0 Å². The summed E-state index contributed by atoms with van der Waals surface area (Å²) in [7, 11) is 0. The third-order valence-electron chi connectivity index (χ3n) is 2.97. The number of para-hydroxylation sites is 1. The van der Waals surface area contributed by atoms with Crippen molar-refractivity contribution < 1.29 is 9.53 Å². The Morgan fingerprint density at radius 2 is 1.76 bits per heavy atom. The molecular weight excluding hydrogens is 264 g/mol. The van der Waals surface area contributed by atoms with Crippen molar-refractivity contribution in [3.8, 4) is 5.75 Å². The fourth-order valence-corrected chi connectivity index (χ4v) is 1.92. The minimum atomic E-state index is -0.288. The van der Waals surface area contributed by atoms with Crippen LogP contribution in [0.3, 0.4) is 0 Å². The average molecular weight is 284 g/mol. The molecule has 0 radical (unpaired) electrons. The largest absolute Gasteiger partial charge is 0.473 e. The number of anilines is 1. The van der Waals surface area contributed by atoms with Gasteiger partial charge in [0.25, 0.3) is 0 Å². The lowest BCUT2D eigenvalue weighted by molar-refractivity contribution is 0.234. The van der Waals surface area contributed by atoms with Gasteiger partial charge in [-0.05, 0) is 36.2 Å². The van der Waals surface area contributed by atoms with E-state index in [4.69, 9.17) is 4.74 Å². The molecule has 0 spiro atoms. The molecule has 110 valence electrons. The van der Waals surface area contributed by atoms with Gasteiger partial charge in [-0.1, -0.05) is 43.7 Å². The van der Waals surface area contributed by atoms with Crippen molar-refractivity contribution in [2.75, 3.05) is 12.0 Å². The fourth-order valence-electron chi connectivity index (χ4n) is 1.92. The summed E-state index contributed by atoms with van der Waals surface area (Å²) in [6.45, 7) is 2.28. The molecule has 0 aliphatic rings. The Bertz CT molecular complexity index is 553. The fraction of sp³-hybridized carbons (Fsp3) is 0.235. The summed E-state index contributed by atoms with van der Waals surface area (Å²) in [6.07, 6.45) is 2.19. The van der Waals surface area contributed by atoms with E-state index in [0.717, 1.165) is 24.3 Å². The second kappa shape index (κ2) is 7.94. The second-order valence-electron chi connectivity index (χ2n) is 4.68. The van der Waals surface area contributed by atoms with Crippen LogP contribution in [-0.4, -0.2) is 12.8 Å². The molecule has 0 saturated heterocycles. The van der Waals surface area contributed by atoms with Crippen LogP contribution in [0.5, 0.6) is 5.75 Å². The van der Waals surface area contributed by atoms with Gasteiger partial charge in [0.2, 0.25) is 0 Å². The molecule has 21 heavy (non-hydrogen) atoms. The molecule has 2 aromatic carbocycles. The van der Waals surface area contributed by atoms with Crippen LogP contribution in [0.25, 0.3) is 0 Å². The minimum absolute atomic E-state index is 0.131. The van der Waals surface area contributed by atoms with E-state index >= 15 is 0 Å². The molecule has 0 unspecified atom stereocenters. The molecule has 2 N–H and O–H groups in total. The van der Waals surface area contributed by atoms with Crippen LogP contribution in [0.1, 0.15) is 18.9 Å². The molecule has 0 atom stereocenters. The summed E-state index contributed by atoms with van der Waals surface area (Å²) in [5, 5.41) is 5.37. The van der Waals surface area contributed by atoms with Crippen LogP contribution >= 0.6 is 0 Å². The van der Waals surface area contributed by atoms with Crippen LogP contribution in [0, 0.1) is 0 Å². The molecule has 0 aliphatic carbocycles. The molecule has 2 amide bonds. The Balaban J connectivity index is 1.72. The number of hydrogen-bond donors (Lipinski definition) is 2. The molecule has 0 saturated carbocycles. The Morgan fingerprint density at radius 3 is 2.43 bits per heavy atom. The molecule has 4 nitrogen and oxygen atoms in total. The Labute approximate surface area is 125 Å². The number of nitrogens with one attached hydrogen (secondary N) is 2. The maximum absolute atomic E-state index is 11.6. The molecule has 2 aromatic rings. The first kappa shape index (κ1) is 14.9. The number of carbonyl (C=O) groups excluding carboxylic acids is 1. The van der Waals surface area contributed by atoms with Crippen molar-refractivity contribution in [2.24, 2.45) is 0 Å². The quantitative estimate of drug-likeness (QED) is 0.793. The van der Waals surface area contributed by atoms with E-state index in [-0.39, 0.29) is 12.8 Å². The first-order valence-corrected chi connectivity index (χ1v) is 7.09. The zero-order valence-corrected chi connectivity index (χ0v) is 12.1. The van der Waals surface area contributed by atoms with E-state index in [9.17, 15) is 4.79 Å². The predicted molar refractivity (Wildman–Crippen MR) is 84.5 cm³/mol. The van der Waals surface area contributed by atoms with Gasteiger partial charge >= 0.3 is 6.03 Å². The normalized spacial score (nSPS) is 9.95. The highest BCUT2D eigenvalue weighted by Crippen LogP contribution is 2.13. The maximum Gasteiger partial charge on any atom is 0.321 e. The van der Waals surface area contributed by atoms with Gasteiger partial charge in [-0.3, -0.25) is 0 Å². The highest BCUT2D eigenvalue weighted by atomic mass is 16.5. The Kier molecular flexibility index (Phi) is 5.64. The van der Waals surface area contributed by atoms with Crippen molar-refractivity contribution in [2.45, 2.75) is 19.8 Å². The van der Waals surface area contributed by atoms with Crippen LogP contribution in [-0.2, 0) is 6.42 Å². The van der Waals surface area contributed by atoms with Crippen molar-refractivity contribution in [1.29, 1.82) is 0 Å². The summed E-state index contributed by atoms with van der Waals surface area (Å²) < 4.78 is 5.48. The first-order valence-electron chi connectivity index (χ1n) is 7.09. The third kappa shape index (κ3) is 5.18. The second-order valence-corrected chi connectivity index (χ2v) is 4.68. The Hall–Kier alpha value is -2.49. The predicted octanol–water partition coefficient (Wildman–Crippen LogP) is 3.80. The van der Waals surface area contributed by atoms with Gasteiger partial charge in [0.1, 0.15) is 5.75 Å². The Morgan fingerprint density at radius 1 is 1.05 bits per heavy atom. The SMILES string of the molecule is CCCc1ccc(OCNC(=O)Nc2ccccc2)cc1. The first-order chi connectivity index (χ1) is 10.3. The smallest absolute Gasteiger partial charge is 0.321 e. The summed E-state index contributed by atoms with van der Waals surface area (Å²) in [6, 6.07) is 16.9. The van der Waals surface area contributed by atoms with E-state index in [1.165, 1.54) is 5.56 Å². The molecule has 0 fully saturated rings. The third-order valence-corrected chi connectivity index (χ3v) is 2.97. The number of amides is 2. The number of hydrogen-bond acceptors (Lipinski definition) is 2. The zero-order chi connectivity index (χ0) is 14.9. The molecular formula is C17H20N2O2. The number of benzene rings is 2. The highest BCUT2D eigenvalue weighted by Gasteiger charge is 2.00. The number of rotatable bonds is 6. The van der Waals surface area contributed by atoms with E-state index in [1.807, 2.05) is 54.6 Å². The number of aryl methyl sites for hydroxylation is 1. The average Bonchev–Trinajstić information content (AvgIpc) is 2.50.